The predicted molar refractivity (Wildman–Crippen MR) is 121 cm³/mol. The molecular weight excluding hydrogens is 394 g/mol. The maximum atomic E-state index is 12.6. The van der Waals surface area contributed by atoms with Crippen LogP contribution in [0, 0.1) is 0 Å². The fraction of sp³-hybridized carbons (Fsp3) is 0.391. The number of nitrogens with zero attached hydrogens (tertiary/aromatic N) is 4. The molecule has 0 fully saturated rings. The summed E-state index contributed by atoms with van der Waals surface area (Å²) >= 11 is 1.36. The molecule has 1 N–H and O–H groups in total. The normalized spacial score (nSPS) is 13.2. The van der Waals surface area contributed by atoms with E-state index in [0.717, 1.165) is 18.5 Å². The van der Waals surface area contributed by atoms with Crippen LogP contribution in [0.15, 0.2) is 59.8 Å². The van der Waals surface area contributed by atoms with Gasteiger partial charge in [-0.2, -0.15) is 4.68 Å². The van der Waals surface area contributed by atoms with Gasteiger partial charge in [0.15, 0.2) is 0 Å². The number of aryl methyl sites for hydroxylation is 1. The van der Waals surface area contributed by atoms with Gasteiger partial charge in [0.2, 0.25) is 11.1 Å². The van der Waals surface area contributed by atoms with E-state index in [4.69, 9.17) is 0 Å². The van der Waals surface area contributed by atoms with E-state index < -0.39 is 0 Å². The second-order valence-corrected chi connectivity index (χ2v) is 9.12. The molecule has 0 spiro atoms. The number of thioether (sulfide) groups is 1. The maximum Gasteiger partial charge on any atom is 0.233 e. The quantitative estimate of drug-likeness (QED) is 0.516. The van der Waals surface area contributed by atoms with Crippen molar-refractivity contribution in [2.75, 3.05) is 0 Å². The van der Waals surface area contributed by atoms with Crippen molar-refractivity contribution in [2.24, 2.45) is 0 Å². The molecule has 3 aromatic rings. The second-order valence-electron chi connectivity index (χ2n) is 7.81. The summed E-state index contributed by atoms with van der Waals surface area (Å²) < 4.78 is 1.68. The summed E-state index contributed by atoms with van der Waals surface area (Å²) in [6.45, 7) is 8.24. The first kappa shape index (κ1) is 22.0. The molecular formula is C23H29N5OS. The largest absolute Gasteiger partial charge is 0.353 e. The lowest BCUT2D eigenvalue weighted by molar-refractivity contribution is -0.120. The summed E-state index contributed by atoms with van der Waals surface area (Å²) in [6, 6.07) is 18.6. The Morgan fingerprint density at radius 1 is 1.03 bits per heavy atom. The van der Waals surface area contributed by atoms with Crippen molar-refractivity contribution in [3.8, 4) is 5.69 Å². The number of carbonyl (C=O) groups excluding carboxylic acids is 1. The molecule has 158 valence electrons. The smallest absolute Gasteiger partial charge is 0.233 e. The van der Waals surface area contributed by atoms with Crippen molar-refractivity contribution in [3.63, 3.8) is 0 Å². The first-order valence-electron chi connectivity index (χ1n) is 10.3. The Balaban J connectivity index is 1.56. The van der Waals surface area contributed by atoms with Gasteiger partial charge in [0.1, 0.15) is 0 Å². The van der Waals surface area contributed by atoms with Gasteiger partial charge in [0, 0.05) is 6.04 Å². The molecule has 3 rings (SSSR count). The van der Waals surface area contributed by atoms with Crippen LogP contribution >= 0.6 is 11.8 Å². The number of rotatable bonds is 9. The van der Waals surface area contributed by atoms with Crippen LogP contribution in [0.4, 0.5) is 0 Å². The molecule has 0 aliphatic rings. The van der Waals surface area contributed by atoms with Gasteiger partial charge in [-0.1, -0.05) is 68.1 Å². The Bertz CT molecular complexity index is 940. The van der Waals surface area contributed by atoms with Gasteiger partial charge < -0.3 is 5.32 Å². The van der Waals surface area contributed by atoms with E-state index in [-0.39, 0.29) is 17.2 Å². The van der Waals surface area contributed by atoms with E-state index in [0.29, 0.717) is 11.1 Å². The number of hydrogen-bond donors (Lipinski definition) is 1. The molecule has 0 saturated carbocycles. The average Bonchev–Trinajstić information content (AvgIpc) is 3.21. The van der Waals surface area contributed by atoms with E-state index in [1.807, 2.05) is 44.2 Å². The summed E-state index contributed by atoms with van der Waals surface area (Å²) in [6.07, 6.45) is 1.83. The molecule has 0 saturated heterocycles. The molecule has 1 aromatic heterocycles. The monoisotopic (exact) mass is 423 g/mol. The van der Waals surface area contributed by atoms with Crippen molar-refractivity contribution >= 4 is 17.7 Å². The van der Waals surface area contributed by atoms with Gasteiger partial charge in [0.25, 0.3) is 0 Å². The fourth-order valence-electron chi connectivity index (χ4n) is 3.09. The Morgan fingerprint density at radius 3 is 2.40 bits per heavy atom. The van der Waals surface area contributed by atoms with Crippen LogP contribution < -0.4 is 5.32 Å². The lowest BCUT2D eigenvalue weighted by atomic mass is 10.0. The molecule has 7 heteroatoms. The topological polar surface area (TPSA) is 72.7 Å². The molecule has 2 aromatic carbocycles. The zero-order valence-corrected chi connectivity index (χ0v) is 18.8. The highest BCUT2D eigenvalue weighted by molar-refractivity contribution is 8.00. The van der Waals surface area contributed by atoms with Gasteiger partial charge in [-0.05, 0) is 66.3 Å². The molecule has 6 nitrogen and oxygen atoms in total. The molecule has 30 heavy (non-hydrogen) atoms. The van der Waals surface area contributed by atoms with Crippen molar-refractivity contribution in [1.29, 1.82) is 0 Å². The highest BCUT2D eigenvalue weighted by atomic mass is 32.2. The molecule has 2 atom stereocenters. The van der Waals surface area contributed by atoms with E-state index >= 15 is 0 Å². The predicted octanol–water partition coefficient (Wildman–Crippen LogP) is 4.40. The van der Waals surface area contributed by atoms with Gasteiger partial charge >= 0.3 is 0 Å². The Labute approximate surface area is 182 Å². The highest BCUT2D eigenvalue weighted by Gasteiger charge is 2.20. The molecule has 1 amide bonds. The summed E-state index contributed by atoms with van der Waals surface area (Å²) in [7, 11) is 0. The number of nitrogens with one attached hydrogen (secondary N) is 1. The maximum absolute atomic E-state index is 12.6. The second kappa shape index (κ2) is 10.4. The van der Waals surface area contributed by atoms with Crippen LogP contribution in [0.1, 0.15) is 51.2 Å². The summed E-state index contributed by atoms with van der Waals surface area (Å²) in [5.41, 5.74) is 3.43. The van der Waals surface area contributed by atoms with Gasteiger partial charge in [-0.15, -0.1) is 5.10 Å². The first-order valence-corrected chi connectivity index (χ1v) is 11.2. The van der Waals surface area contributed by atoms with Crippen LogP contribution in [0.25, 0.3) is 5.69 Å². The number of benzene rings is 2. The average molecular weight is 424 g/mol. The highest BCUT2D eigenvalue weighted by Crippen LogP contribution is 2.24. The minimum atomic E-state index is -0.302. The Morgan fingerprint density at radius 2 is 1.73 bits per heavy atom. The van der Waals surface area contributed by atoms with E-state index in [9.17, 15) is 4.79 Å². The van der Waals surface area contributed by atoms with Gasteiger partial charge in [0.05, 0.1) is 10.9 Å². The number of hydrogen-bond acceptors (Lipinski definition) is 5. The Hall–Kier alpha value is -2.67. The molecule has 0 aliphatic heterocycles. The van der Waals surface area contributed by atoms with Crippen LogP contribution in [0.2, 0.25) is 0 Å². The third-order valence-corrected chi connectivity index (χ3v) is 6.03. The lowest BCUT2D eigenvalue weighted by Gasteiger charge is -2.17. The number of amides is 1. The van der Waals surface area contributed by atoms with Crippen molar-refractivity contribution in [2.45, 2.75) is 62.9 Å². The van der Waals surface area contributed by atoms with Crippen molar-refractivity contribution in [3.05, 3.63) is 65.7 Å². The number of tetrazole rings is 1. The fourth-order valence-corrected chi connectivity index (χ4v) is 3.90. The van der Waals surface area contributed by atoms with Crippen LogP contribution in [-0.4, -0.2) is 37.4 Å². The molecule has 0 radical (unpaired) electrons. The van der Waals surface area contributed by atoms with Gasteiger partial charge in [-0.3, -0.25) is 4.79 Å². The summed E-state index contributed by atoms with van der Waals surface area (Å²) in [4.78, 5) is 12.6. The SMILES string of the molecule is CC(C)c1ccc(-n2nnnc2S[C@@H](C)C(=O)N[C@@H](C)CCc2ccccc2)cc1. The molecule has 1 heterocycles. The number of carbonyl (C=O) groups is 1. The third-order valence-electron chi connectivity index (χ3n) is 4.99. The Kier molecular flexibility index (Phi) is 7.63. The van der Waals surface area contributed by atoms with Crippen molar-refractivity contribution in [1.82, 2.24) is 25.5 Å². The summed E-state index contributed by atoms with van der Waals surface area (Å²) in [5, 5.41) is 15.4. The van der Waals surface area contributed by atoms with E-state index in [1.165, 1.54) is 22.9 Å². The van der Waals surface area contributed by atoms with Crippen LogP contribution in [-0.2, 0) is 11.2 Å². The third kappa shape index (κ3) is 5.92. The molecule has 0 unspecified atom stereocenters. The summed E-state index contributed by atoms with van der Waals surface area (Å²) in [5.74, 6) is 0.458. The standard InChI is InChI=1S/C23H29N5OS/c1-16(2)20-12-14-21(15-13-20)28-23(25-26-27-28)30-18(4)22(29)24-17(3)10-11-19-8-6-5-7-9-19/h5-9,12-18H,10-11H2,1-4H3,(H,24,29)/t17-,18-/m0/s1. The van der Waals surface area contributed by atoms with Crippen LogP contribution in [0.3, 0.4) is 0 Å². The zero-order chi connectivity index (χ0) is 21.5. The first-order chi connectivity index (χ1) is 14.4. The lowest BCUT2D eigenvalue weighted by Crippen LogP contribution is -2.38. The van der Waals surface area contributed by atoms with Crippen LogP contribution in [0.5, 0.6) is 0 Å². The minimum absolute atomic E-state index is 0.00901. The zero-order valence-electron chi connectivity index (χ0n) is 17.9. The van der Waals surface area contributed by atoms with E-state index in [2.05, 4.69) is 59.0 Å². The van der Waals surface area contributed by atoms with E-state index in [1.54, 1.807) is 4.68 Å². The molecule has 0 aliphatic carbocycles. The van der Waals surface area contributed by atoms with Gasteiger partial charge in [-0.25, -0.2) is 0 Å². The molecule has 0 bridgehead atoms. The van der Waals surface area contributed by atoms with Crippen molar-refractivity contribution < 1.29 is 4.79 Å². The number of aromatic nitrogens is 4. The minimum Gasteiger partial charge on any atom is -0.353 e.